The third-order valence-corrected chi connectivity index (χ3v) is 6.78. The molecule has 0 spiro atoms. The molecule has 30 heavy (non-hydrogen) atoms. The van der Waals surface area contributed by atoms with Crippen LogP contribution in [-0.2, 0) is 9.53 Å². The van der Waals surface area contributed by atoms with Gasteiger partial charge in [0.05, 0.1) is 13.0 Å². The largest absolute Gasteiger partial charge is 0.452 e. The van der Waals surface area contributed by atoms with Gasteiger partial charge < -0.3 is 4.74 Å². The maximum absolute atomic E-state index is 13.5. The molecule has 1 aromatic carbocycles. The van der Waals surface area contributed by atoms with Crippen molar-refractivity contribution in [2.45, 2.75) is 32.7 Å². The number of carbonyl (C=O) groups is 2. The van der Waals surface area contributed by atoms with Gasteiger partial charge in [0.15, 0.2) is 0 Å². The summed E-state index contributed by atoms with van der Waals surface area (Å²) in [4.78, 5) is 30.1. The van der Waals surface area contributed by atoms with E-state index < -0.39 is 6.09 Å². The van der Waals surface area contributed by atoms with Crippen LogP contribution in [0.1, 0.15) is 32.3 Å². The lowest BCUT2D eigenvalue weighted by atomic mass is 9.77. The van der Waals surface area contributed by atoms with Crippen LogP contribution in [0.2, 0.25) is 0 Å². The van der Waals surface area contributed by atoms with Crippen molar-refractivity contribution in [1.29, 1.82) is 0 Å². The molecule has 3 unspecified atom stereocenters. The lowest BCUT2D eigenvalue weighted by Gasteiger charge is -2.34. The van der Waals surface area contributed by atoms with Crippen molar-refractivity contribution in [3.8, 4) is 0 Å². The van der Waals surface area contributed by atoms with Gasteiger partial charge in [-0.3, -0.25) is 9.79 Å². The van der Waals surface area contributed by atoms with Crippen molar-refractivity contribution in [3.63, 3.8) is 0 Å². The monoisotopic (exact) mass is 471 g/mol. The van der Waals surface area contributed by atoms with Crippen LogP contribution in [0.5, 0.6) is 0 Å². The van der Waals surface area contributed by atoms with E-state index in [1.807, 2.05) is 32.2 Å². The minimum Gasteiger partial charge on any atom is -0.452 e. The van der Waals surface area contributed by atoms with Crippen molar-refractivity contribution in [3.05, 3.63) is 52.7 Å². The normalized spacial score (nSPS) is 26.6. The van der Waals surface area contributed by atoms with Crippen molar-refractivity contribution < 1.29 is 14.3 Å². The molecule has 1 fully saturated rings. The zero-order valence-electron chi connectivity index (χ0n) is 17.3. The average molecular weight is 472 g/mol. The predicted molar refractivity (Wildman–Crippen MR) is 119 cm³/mol. The van der Waals surface area contributed by atoms with Gasteiger partial charge in [-0.15, -0.1) is 0 Å². The summed E-state index contributed by atoms with van der Waals surface area (Å²) in [6.07, 6.45) is 7.38. The standard InChI is InChI=1S/C23H26BrN3O3/c1-13(2)27(26-23(29)30-3)22(28)21-16-5-4-15(10-16)20(21)19-11-17(12-25-19)14-6-8-18(24)9-7-14/h4-9,12-13,15-16,20-21H,10-11H2,1-3H3,(H,26,29)/t15?,16?,20?,21-/m0/s1. The highest BCUT2D eigenvalue weighted by molar-refractivity contribution is 9.10. The van der Waals surface area contributed by atoms with Crippen molar-refractivity contribution in [2.24, 2.45) is 28.7 Å². The van der Waals surface area contributed by atoms with Gasteiger partial charge in [0, 0.05) is 34.8 Å². The number of nitrogens with one attached hydrogen (secondary N) is 1. The first kappa shape index (κ1) is 20.8. The van der Waals surface area contributed by atoms with Crippen LogP contribution in [0.3, 0.4) is 0 Å². The summed E-state index contributed by atoms with van der Waals surface area (Å²) >= 11 is 3.48. The number of nitrogens with zero attached hydrogens (tertiary/aromatic N) is 2. The van der Waals surface area contributed by atoms with Crippen LogP contribution in [0.15, 0.2) is 52.1 Å². The van der Waals surface area contributed by atoms with Crippen molar-refractivity contribution in [2.75, 3.05) is 7.11 Å². The minimum atomic E-state index is -0.635. The number of aliphatic imine (C=N–C) groups is 1. The number of rotatable bonds is 4. The fraction of sp³-hybridized carbons (Fsp3) is 0.435. The molecule has 158 valence electrons. The summed E-state index contributed by atoms with van der Waals surface area (Å²) < 4.78 is 5.75. The Hall–Kier alpha value is -2.41. The Morgan fingerprint density at radius 2 is 1.90 bits per heavy atom. The Morgan fingerprint density at radius 1 is 1.20 bits per heavy atom. The van der Waals surface area contributed by atoms with Crippen LogP contribution < -0.4 is 5.43 Å². The van der Waals surface area contributed by atoms with E-state index in [2.05, 4.69) is 45.6 Å². The minimum absolute atomic E-state index is 0.0531. The molecule has 0 aromatic heterocycles. The first-order valence-corrected chi connectivity index (χ1v) is 11.1. The second-order valence-electron chi connectivity index (χ2n) is 8.36. The zero-order chi connectivity index (χ0) is 21.4. The van der Waals surface area contributed by atoms with Gasteiger partial charge >= 0.3 is 6.09 Å². The molecule has 0 saturated heterocycles. The molecule has 3 aliphatic rings. The molecule has 2 aliphatic carbocycles. The second kappa shape index (κ2) is 8.38. The predicted octanol–water partition coefficient (Wildman–Crippen LogP) is 4.58. The number of ether oxygens (including phenoxy) is 1. The molecule has 6 nitrogen and oxygen atoms in total. The number of fused-ring (bicyclic) bond motifs is 2. The number of hydrazine groups is 1. The molecule has 4 atom stereocenters. The fourth-order valence-corrected chi connectivity index (χ4v) is 5.11. The highest BCUT2D eigenvalue weighted by atomic mass is 79.9. The number of benzene rings is 1. The zero-order valence-corrected chi connectivity index (χ0v) is 18.9. The van der Waals surface area contributed by atoms with Crippen LogP contribution in [-0.4, -0.2) is 35.9 Å². The van der Waals surface area contributed by atoms with E-state index in [0.29, 0.717) is 5.92 Å². The SMILES string of the molecule is COC(=O)NN(C(=O)[C@H]1C2C=CC(C2)C1C1=NC=C(c2ccc(Br)cc2)C1)C(C)C. The number of halogens is 1. The van der Waals surface area contributed by atoms with Gasteiger partial charge in [-0.25, -0.2) is 15.2 Å². The summed E-state index contributed by atoms with van der Waals surface area (Å²) in [5, 5.41) is 1.41. The molecule has 0 radical (unpaired) electrons. The molecule has 4 rings (SSSR count). The fourth-order valence-electron chi connectivity index (χ4n) is 4.85. The van der Waals surface area contributed by atoms with Crippen LogP contribution in [0.4, 0.5) is 4.79 Å². The molecule has 7 heteroatoms. The summed E-state index contributed by atoms with van der Waals surface area (Å²) in [6.45, 7) is 3.76. The number of methoxy groups -OCH3 is 1. The molecule has 1 saturated carbocycles. The lowest BCUT2D eigenvalue weighted by Crippen LogP contribution is -2.54. The van der Waals surface area contributed by atoms with E-state index in [-0.39, 0.29) is 29.7 Å². The number of hydrogen-bond donors (Lipinski definition) is 1. The van der Waals surface area contributed by atoms with Crippen molar-refractivity contribution >= 4 is 39.2 Å². The maximum Gasteiger partial charge on any atom is 0.425 e. The van der Waals surface area contributed by atoms with Crippen LogP contribution in [0.25, 0.3) is 5.57 Å². The molecular formula is C23H26BrN3O3. The molecule has 1 heterocycles. The lowest BCUT2D eigenvalue weighted by molar-refractivity contribution is -0.142. The Labute approximate surface area is 185 Å². The maximum atomic E-state index is 13.5. The van der Waals surface area contributed by atoms with Gasteiger partial charge in [-0.1, -0.05) is 40.2 Å². The van der Waals surface area contributed by atoms with Gasteiger partial charge in [0.1, 0.15) is 0 Å². The van der Waals surface area contributed by atoms with E-state index in [9.17, 15) is 9.59 Å². The summed E-state index contributed by atoms with van der Waals surface area (Å²) in [5.41, 5.74) is 5.97. The Kier molecular flexibility index (Phi) is 5.82. The summed E-state index contributed by atoms with van der Waals surface area (Å²) in [5.74, 6) is 0.241. The highest BCUT2D eigenvalue weighted by Crippen LogP contribution is 2.51. The van der Waals surface area contributed by atoms with Gasteiger partial charge in [-0.2, -0.15) is 0 Å². The number of allylic oxidation sites excluding steroid dienone is 3. The quantitative estimate of drug-likeness (QED) is 0.515. The van der Waals surface area contributed by atoms with Crippen molar-refractivity contribution in [1.82, 2.24) is 10.4 Å². The molecule has 1 aromatic rings. The van der Waals surface area contributed by atoms with E-state index in [0.717, 1.165) is 28.6 Å². The van der Waals surface area contributed by atoms with Gasteiger partial charge in [0.2, 0.25) is 5.91 Å². The first-order chi connectivity index (χ1) is 14.4. The third-order valence-electron chi connectivity index (χ3n) is 6.25. The molecule has 1 N–H and O–H groups in total. The number of hydrogen-bond acceptors (Lipinski definition) is 4. The first-order valence-electron chi connectivity index (χ1n) is 10.3. The Bertz CT molecular complexity index is 936. The molecule has 2 bridgehead atoms. The number of amides is 2. The van der Waals surface area contributed by atoms with E-state index in [1.165, 1.54) is 17.7 Å². The second-order valence-corrected chi connectivity index (χ2v) is 9.28. The molecular weight excluding hydrogens is 446 g/mol. The van der Waals surface area contributed by atoms with Crippen LogP contribution in [0, 0.1) is 23.7 Å². The Morgan fingerprint density at radius 3 is 2.57 bits per heavy atom. The van der Waals surface area contributed by atoms with E-state index in [4.69, 9.17) is 9.73 Å². The summed E-state index contributed by atoms with van der Waals surface area (Å²) in [6, 6.07) is 8.04. The molecule has 2 amide bonds. The molecule has 1 aliphatic heterocycles. The third kappa shape index (κ3) is 3.83. The highest BCUT2D eigenvalue weighted by Gasteiger charge is 2.52. The topological polar surface area (TPSA) is 71.0 Å². The number of carbonyl (C=O) groups excluding carboxylic acids is 2. The van der Waals surface area contributed by atoms with E-state index in [1.54, 1.807) is 0 Å². The smallest absolute Gasteiger partial charge is 0.425 e. The van der Waals surface area contributed by atoms with Gasteiger partial charge in [-0.05, 0) is 55.4 Å². The Balaban J connectivity index is 1.54. The van der Waals surface area contributed by atoms with Crippen LogP contribution >= 0.6 is 15.9 Å². The average Bonchev–Trinajstić information content (AvgIpc) is 3.47. The summed E-state index contributed by atoms with van der Waals surface area (Å²) in [7, 11) is 1.30. The van der Waals surface area contributed by atoms with E-state index >= 15 is 0 Å². The van der Waals surface area contributed by atoms with Gasteiger partial charge in [0.25, 0.3) is 0 Å².